The number of hydrogen-bond acceptors (Lipinski definition) is 4. The van der Waals surface area contributed by atoms with E-state index in [1.807, 2.05) is 6.07 Å². The van der Waals surface area contributed by atoms with Crippen LogP contribution in [-0.4, -0.2) is 43.7 Å². The quantitative estimate of drug-likeness (QED) is 0.901. The minimum absolute atomic E-state index is 0.602. The summed E-state index contributed by atoms with van der Waals surface area (Å²) in [6.07, 6.45) is 0. The average Bonchev–Trinajstić information content (AvgIpc) is 2.52. The van der Waals surface area contributed by atoms with Gasteiger partial charge in [0.05, 0.1) is 11.3 Å². The molecule has 1 aromatic rings. The first-order valence-electron chi connectivity index (χ1n) is 7.88. The topological polar surface area (TPSA) is 42.3 Å². The van der Waals surface area contributed by atoms with Gasteiger partial charge >= 0.3 is 0 Å². The molecule has 1 heterocycles. The number of nitriles is 1. The first-order chi connectivity index (χ1) is 10.2. The third kappa shape index (κ3) is 3.96. The van der Waals surface area contributed by atoms with Crippen LogP contribution in [0.25, 0.3) is 0 Å². The molecule has 0 aliphatic carbocycles. The minimum atomic E-state index is 0.602. The normalized spacial score (nSPS) is 16.2. The van der Waals surface area contributed by atoms with Gasteiger partial charge in [-0.15, -0.1) is 0 Å². The van der Waals surface area contributed by atoms with Gasteiger partial charge in [-0.3, -0.25) is 4.90 Å². The van der Waals surface area contributed by atoms with Gasteiger partial charge in [-0.2, -0.15) is 5.26 Å². The number of benzene rings is 1. The van der Waals surface area contributed by atoms with Crippen molar-refractivity contribution >= 4 is 5.69 Å². The fourth-order valence-corrected chi connectivity index (χ4v) is 2.81. The molecule has 21 heavy (non-hydrogen) atoms. The maximum absolute atomic E-state index is 9.43. The van der Waals surface area contributed by atoms with Crippen LogP contribution in [-0.2, 0) is 6.54 Å². The Hall–Kier alpha value is -1.57. The number of hydrogen-bond donors (Lipinski definition) is 1. The molecule has 1 saturated heterocycles. The van der Waals surface area contributed by atoms with Crippen LogP contribution in [0.4, 0.5) is 5.69 Å². The zero-order chi connectivity index (χ0) is 15.2. The number of nitrogens with zero attached hydrogens (tertiary/aromatic N) is 3. The van der Waals surface area contributed by atoms with Crippen molar-refractivity contribution in [1.29, 1.82) is 5.26 Å². The summed E-state index contributed by atoms with van der Waals surface area (Å²) in [7, 11) is 0. The van der Waals surface area contributed by atoms with E-state index in [0.29, 0.717) is 6.04 Å². The summed E-state index contributed by atoms with van der Waals surface area (Å²) in [5, 5.41) is 12.7. The van der Waals surface area contributed by atoms with Crippen LogP contribution >= 0.6 is 0 Å². The predicted molar refractivity (Wildman–Crippen MR) is 87.5 cm³/mol. The summed E-state index contributed by atoms with van der Waals surface area (Å²) in [6, 6.07) is 9.22. The third-order valence-corrected chi connectivity index (χ3v) is 4.15. The van der Waals surface area contributed by atoms with Gasteiger partial charge in [0.1, 0.15) is 6.07 Å². The van der Waals surface area contributed by atoms with E-state index < -0.39 is 0 Å². The standard InChI is InChI=1S/C17H26N4/c1-4-19-13-15-5-6-17(16(11-15)12-18)21-9-7-20(8-10-21)14(2)3/h5-6,11,14,19H,4,7-10,13H2,1-3H3. The summed E-state index contributed by atoms with van der Waals surface area (Å²) in [5.41, 5.74) is 3.06. The molecule has 4 nitrogen and oxygen atoms in total. The highest BCUT2D eigenvalue weighted by molar-refractivity contribution is 5.60. The molecule has 0 saturated carbocycles. The molecule has 1 fully saturated rings. The van der Waals surface area contributed by atoms with Gasteiger partial charge in [-0.25, -0.2) is 0 Å². The van der Waals surface area contributed by atoms with Gasteiger partial charge in [0.2, 0.25) is 0 Å². The molecule has 1 aliphatic heterocycles. The number of anilines is 1. The average molecular weight is 286 g/mol. The Morgan fingerprint density at radius 3 is 2.52 bits per heavy atom. The Bertz CT molecular complexity index is 496. The Morgan fingerprint density at radius 1 is 1.24 bits per heavy atom. The Morgan fingerprint density at radius 2 is 1.95 bits per heavy atom. The predicted octanol–water partition coefficient (Wildman–Crippen LogP) is 2.20. The Balaban J connectivity index is 2.08. The second-order valence-electron chi connectivity index (χ2n) is 5.86. The molecular formula is C17H26N4. The van der Waals surface area contributed by atoms with E-state index >= 15 is 0 Å². The van der Waals surface area contributed by atoms with Crippen molar-refractivity contribution in [2.45, 2.75) is 33.4 Å². The monoisotopic (exact) mass is 286 g/mol. The lowest BCUT2D eigenvalue weighted by atomic mass is 10.1. The van der Waals surface area contributed by atoms with Gasteiger partial charge in [-0.1, -0.05) is 13.0 Å². The van der Waals surface area contributed by atoms with Crippen LogP contribution in [0.5, 0.6) is 0 Å². The lowest BCUT2D eigenvalue weighted by molar-refractivity contribution is 0.209. The first-order valence-corrected chi connectivity index (χ1v) is 7.88. The molecule has 0 spiro atoms. The van der Waals surface area contributed by atoms with Gasteiger partial charge < -0.3 is 10.2 Å². The molecule has 0 unspecified atom stereocenters. The van der Waals surface area contributed by atoms with Crippen LogP contribution in [0.15, 0.2) is 18.2 Å². The minimum Gasteiger partial charge on any atom is -0.368 e. The van der Waals surface area contributed by atoms with Crippen molar-refractivity contribution in [2.24, 2.45) is 0 Å². The molecule has 0 aromatic heterocycles. The zero-order valence-corrected chi connectivity index (χ0v) is 13.4. The van der Waals surface area contributed by atoms with Crippen LogP contribution in [0.1, 0.15) is 31.9 Å². The van der Waals surface area contributed by atoms with Gasteiger partial charge in [-0.05, 0) is 38.1 Å². The van der Waals surface area contributed by atoms with E-state index in [-0.39, 0.29) is 0 Å². The second-order valence-corrected chi connectivity index (χ2v) is 5.86. The summed E-state index contributed by atoms with van der Waals surface area (Å²) in [6.45, 7) is 12.5. The van der Waals surface area contributed by atoms with E-state index in [0.717, 1.165) is 50.5 Å². The smallest absolute Gasteiger partial charge is 0.101 e. The van der Waals surface area contributed by atoms with Crippen molar-refractivity contribution in [3.05, 3.63) is 29.3 Å². The third-order valence-electron chi connectivity index (χ3n) is 4.15. The van der Waals surface area contributed by atoms with Gasteiger partial charge in [0.25, 0.3) is 0 Å². The van der Waals surface area contributed by atoms with Crippen molar-refractivity contribution in [3.63, 3.8) is 0 Å². The van der Waals surface area contributed by atoms with E-state index in [1.54, 1.807) is 0 Å². The lowest BCUT2D eigenvalue weighted by Gasteiger charge is -2.38. The van der Waals surface area contributed by atoms with Crippen LogP contribution < -0.4 is 10.2 Å². The number of nitrogens with one attached hydrogen (secondary N) is 1. The maximum atomic E-state index is 9.43. The molecule has 0 amide bonds. The number of piperazine rings is 1. The van der Waals surface area contributed by atoms with Gasteiger partial charge in [0.15, 0.2) is 0 Å². The molecule has 2 rings (SSSR count). The molecule has 0 radical (unpaired) electrons. The Kier molecular flexibility index (Phi) is 5.60. The summed E-state index contributed by atoms with van der Waals surface area (Å²) >= 11 is 0. The van der Waals surface area contributed by atoms with Crippen molar-refractivity contribution in [3.8, 4) is 6.07 Å². The van der Waals surface area contributed by atoms with E-state index in [2.05, 4.69) is 54.1 Å². The number of rotatable bonds is 5. The SMILES string of the molecule is CCNCc1ccc(N2CCN(C(C)C)CC2)c(C#N)c1. The molecule has 114 valence electrons. The zero-order valence-electron chi connectivity index (χ0n) is 13.4. The highest BCUT2D eigenvalue weighted by Crippen LogP contribution is 2.23. The van der Waals surface area contributed by atoms with Crippen molar-refractivity contribution in [2.75, 3.05) is 37.6 Å². The van der Waals surface area contributed by atoms with Crippen molar-refractivity contribution in [1.82, 2.24) is 10.2 Å². The van der Waals surface area contributed by atoms with Crippen LogP contribution in [0.3, 0.4) is 0 Å². The van der Waals surface area contributed by atoms with Gasteiger partial charge in [0, 0.05) is 38.8 Å². The van der Waals surface area contributed by atoms with E-state index in [4.69, 9.17) is 0 Å². The molecule has 1 aromatic carbocycles. The fraction of sp³-hybridized carbons (Fsp3) is 0.588. The van der Waals surface area contributed by atoms with E-state index in [1.165, 1.54) is 5.56 Å². The maximum Gasteiger partial charge on any atom is 0.101 e. The molecule has 0 atom stereocenters. The highest BCUT2D eigenvalue weighted by Gasteiger charge is 2.20. The Labute approximate surface area is 128 Å². The largest absolute Gasteiger partial charge is 0.368 e. The van der Waals surface area contributed by atoms with E-state index in [9.17, 15) is 5.26 Å². The molecule has 1 aliphatic rings. The highest BCUT2D eigenvalue weighted by atomic mass is 15.3. The van der Waals surface area contributed by atoms with Crippen molar-refractivity contribution < 1.29 is 0 Å². The molecule has 1 N–H and O–H groups in total. The first kappa shape index (κ1) is 15.8. The summed E-state index contributed by atoms with van der Waals surface area (Å²) in [4.78, 5) is 4.83. The molecule has 0 bridgehead atoms. The second kappa shape index (κ2) is 7.44. The summed E-state index contributed by atoms with van der Waals surface area (Å²) in [5.74, 6) is 0. The fourth-order valence-electron chi connectivity index (χ4n) is 2.81. The lowest BCUT2D eigenvalue weighted by Crippen LogP contribution is -2.49. The van der Waals surface area contributed by atoms with Crippen LogP contribution in [0.2, 0.25) is 0 Å². The molecular weight excluding hydrogens is 260 g/mol. The summed E-state index contributed by atoms with van der Waals surface area (Å²) < 4.78 is 0. The molecule has 4 heteroatoms. The van der Waals surface area contributed by atoms with Crippen LogP contribution in [0, 0.1) is 11.3 Å².